The molecule has 0 unspecified atom stereocenters. The van der Waals surface area contributed by atoms with Gasteiger partial charge >= 0.3 is 0 Å². The number of aliphatic imine (C=N–C) groups is 1. The molecule has 0 saturated carbocycles. The summed E-state index contributed by atoms with van der Waals surface area (Å²) in [6.07, 6.45) is 5.44. The van der Waals surface area contributed by atoms with Crippen LogP contribution in [0.2, 0.25) is 0 Å². The first-order valence-corrected chi connectivity index (χ1v) is 4.85. The molecule has 0 atom stereocenters. The van der Waals surface area contributed by atoms with Crippen LogP contribution in [0, 0.1) is 11.3 Å². The van der Waals surface area contributed by atoms with E-state index in [0.29, 0.717) is 0 Å². The molecule has 0 aromatic carbocycles. The summed E-state index contributed by atoms with van der Waals surface area (Å²) >= 11 is 1.58. The Labute approximate surface area is 82.4 Å². The van der Waals surface area contributed by atoms with Gasteiger partial charge in [-0.1, -0.05) is 0 Å². The maximum absolute atomic E-state index is 8.59. The number of rotatable bonds is 2. The van der Waals surface area contributed by atoms with Gasteiger partial charge in [0.2, 0.25) is 0 Å². The third kappa shape index (κ3) is 3.34. The molecule has 4 heteroatoms. The molecule has 0 aliphatic carbocycles. The predicted molar refractivity (Wildman–Crippen MR) is 56.4 cm³/mol. The molecule has 0 fully saturated rings. The van der Waals surface area contributed by atoms with E-state index >= 15 is 0 Å². The van der Waals surface area contributed by atoms with Crippen LogP contribution in [0.3, 0.4) is 0 Å². The Kier molecular flexibility index (Phi) is 3.59. The van der Waals surface area contributed by atoms with Crippen LogP contribution in [-0.4, -0.2) is 31.1 Å². The van der Waals surface area contributed by atoms with Gasteiger partial charge < -0.3 is 4.90 Å². The van der Waals surface area contributed by atoms with Crippen molar-refractivity contribution in [3.63, 3.8) is 0 Å². The topological polar surface area (TPSA) is 39.4 Å². The Balaban J connectivity index is 2.61. The largest absolute Gasteiger partial charge is 0.369 e. The quantitative estimate of drug-likeness (QED) is 0.494. The predicted octanol–water partition coefficient (Wildman–Crippen LogP) is 1.61. The van der Waals surface area contributed by atoms with Gasteiger partial charge in [0.05, 0.1) is 17.4 Å². The van der Waals surface area contributed by atoms with Crippen LogP contribution in [0.25, 0.3) is 0 Å². The standard InChI is InChI=1S/C9H11N3S/c1-12(2)7-11-9-4-3-8(5-10)6-13-9/h3-4,7H,6H2,1-2H3/b11-7+. The van der Waals surface area contributed by atoms with Gasteiger partial charge in [-0.3, -0.25) is 0 Å². The fraction of sp³-hybridized carbons (Fsp3) is 0.333. The molecule has 1 aliphatic heterocycles. The maximum Gasteiger partial charge on any atom is 0.0981 e. The van der Waals surface area contributed by atoms with Crippen LogP contribution < -0.4 is 0 Å². The highest BCUT2D eigenvalue weighted by molar-refractivity contribution is 8.03. The van der Waals surface area contributed by atoms with E-state index in [1.165, 1.54) is 0 Å². The van der Waals surface area contributed by atoms with Gasteiger partial charge in [0.15, 0.2) is 0 Å². The normalized spacial score (nSPS) is 16.4. The Morgan fingerprint density at radius 2 is 2.38 bits per heavy atom. The van der Waals surface area contributed by atoms with Crippen molar-refractivity contribution in [1.82, 2.24) is 4.90 Å². The molecule has 0 radical (unpaired) electrons. The lowest BCUT2D eigenvalue weighted by Gasteiger charge is -2.07. The summed E-state index contributed by atoms with van der Waals surface area (Å²) in [6, 6.07) is 2.12. The van der Waals surface area contributed by atoms with E-state index in [4.69, 9.17) is 5.26 Å². The van der Waals surface area contributed by atoms with E-state index in [2.05, 4.69) is 11.1 Å². The minimum atomic E-state index is 0.729. The smallest absolute Gasteiger partial charge is 0.0981 e. The summed E-state index contributed by atoms with van der Waals surface area (Å²) < 4.78 is 0. The Morgan fingerprint density at radius 1 is 1.62 bits per heavy atom. The molecule has 0 aromatic rings. The van der Waals surface area contributed by atoms with Gasteiger partial charge in [0, 0.05) is 25.4 Å². The van der Waals surface area contributed by atoms with E-state index in [-0.39, 0.29) is 0 Å². The Hall–Kier alpha value is -1.21. The highest BCUT2D eigenvalue weighted by Gasteiger charge is 2.04. The molecule has 13 heavy (non-hydrogen) atoms. The van der Waals surface area contributed by atoms with E-state index in [1.54, 1.807) is 18.1 Å². The Bertz CT molecular complexity index is 307. The minimum absolute atomic E-state index is 0.729. The molecule has 68 valence electrons. The summed E-state index contributed by atoms with van der Waals surface area (Å²) in [7, 11) is 3.85. The van der Waals surface area contributed by atoms with Crippen molar-refractivity contribution in [1.29, 1.82) is 5.26 Å². The number of nitrogens with zero attached hydrogens (tertiary/aromatic N) is 3. The van der Waals surface area contributed by atoms with Gasteiger partial charge in [0.1, 0.15) is 0 Å². The maximum atomic E-state index is 8.59. The summed E-state index contributed by atoms with van der Waals surface area (Å²) in [4.78, 5) is 6.10. The average Bonchev–Trinajstić information content (AvgIpc) is 2.15. The van der Waals surface area contributed by atoms with E-state index in [0.717, 1.165) is 16.4 Å². The van der Waals surface area contributed by atoms with E-state index < -0.39 is 0 Å². The number of allylic oxidation sites excluding steroid dienone is 2. The van der Waals surface area contributed by atoms with Crippen molar-refractivity contribution in [2.75, 3.05) is 19.8 Å². The van der Waals surface area contributed by atoms with Crippen molar-refractivity contribution >= 4 is 18.1 Å². The number of hydrogen-bond acceptors (Lipinski definition) is 3. The third-order valence-corrected chi connectivity index (χ3v) is 2.35. The molecule has 0 spiro atoms. The van der Waals surface area contributed by atoms with Crippen molar-refractivity contribution in [2.24, 2.45) is 4.99 Å². The molecular weight excluding hydrogens is 182 g/mol. The van der Waals surface area contributed by atoms with Gasteiger partial charge in [-0.2, -0.15) is 5.26 Å². The summed E-state index contributed by atoms with van der Waals surface area (Å²) in [5.74, 6) is 0.729. The Morgan fingerprint density at radius 3 is 2.85 bits per heavy atom. The lowest BCUT2D eigenvalue weighted by atomic mass is 10.3. The van der Waals surface area contributed by atoms with Crippen LogP contribution in [0.1, 0.15) is 0 Å². The fourth-order valence-corrected chi connectivity index (χ4v) is 1.49. The molecular formula is C9H11N3S. The van der Waals surface area contributed by atoms with Gasteiger partial charge in [-0.15, -0.1) is 11.8 Å². The lowest BCUT2D eigenvalue weighted by molar-refractivity contribution is 0.643. The summed E-state index contributed by atoms with van der Waals surface area (Å²) in [5, 5.41) is 9.54. The molecule has 0 N–H and O–H groups in total. The van der Waals surface area contributed by atoms with Crippen LogP contribution in [0.4, 0.5) is 0 Å². The molecule has 1 heterocycles. The van der Waals surface area contributed by atoms with Crippen molar-refractivity contribution in [3.8, 4) is 6.07 Å². The molecule has 1 aliphatic rings. The van der Waals surface area contributed by atoms with Gasteiger partial charge in [0.25, 0.3) is 0 Å². The first kappa shape index (κ1) is 9.87. The van der Waals surface area contributed by atoms with Crippen LogP contribution in [-0.2, 0) is 0 Å². The number of hydrogen-bond donors (Lipinski definition) is 0. The second kappa shape index (κ2) is 4.73. The second-order valence-corrected chi connectivity index (χ2v) is 3.80. The molecule has 0 amide bonds. The molecule has 3 nitrogen and oxygen atoms in total. The third-order valence-electron chi connectivity index (χ3n) is 1.36. The van der Waals surface area contributed by atoms with Gasteiger partial charge in [-0.25, -0.2) is 4.99 Å². The van der Waals surface area contributed by atoms with E-state index in [9.17, 15) is 0 Å². The van der Waals surface area contributed by atoms with E-state index in [1.807, 2.05) is 31.1 Å². The number of thioether (sulfide) groups is 1. The highest BCUT2D eigenvalue weighted by atomic mass is 32.2. The molecule has 0 aromatic heterocycles. The SMILES string of the molecule is CN(C)/C=N/C1=CC=C(C#N)CS1. The fourth-order valence-electron chi connectivity index (χ4n) is 0.742. The zero-order valence-electron chi connectivity index (χ0n) is 7.69. The zero-order valence-corrected chi connectivity index (χ0v) is 8.51. The van der Waals surface area contributed by atoms with Gasteiger partial charge in [-0.05, 0) is 12.2 Å². The van der Waals surface area contributed by atoms with Crippen molar-refractivity contribution in [2.45, 2.75) is 0 Å². The second-order valence-electron chi connectivity index (χ2n) is 2.81. The molecule has 1 rings (SSSR count). The number of nitriles is 1. The first-order chi connectivity index (χ1) is 6.22. The highest BCUT2D eigenvalue weighted by Crippen LogP contribution is 2.24. The monoisotopic (exact) mass is 193 g/mol. The van der Waals surface area contributed by atoms with Crippen LogP contribution >= 0.6 is 11.8 Å². The molecule has 0 bridgehead atoms. The summed E-state index contributed by atoms with van der Waals surface area (Å²) in [6.45, 7) is 0. The first-order valence-electron chi connectivity index (χ1n) is 3.87. The van der Waals surface area contributed by atoms with Crippen molar-refractivity contribution < 1.29 is 0 Å². The van der Waals surface area contributed by atoms with Crippen LogP contribution in [0.15, 0.2) is 27.7 Å². The minimum Gasteiger partial charge on any atom is -0.369 e. The summed E-state index contributed by atoms with van der Waals surface area (Å²) in [5.41, 5.74) is 0.800. The van der Waals surface area contributed by atoms with Crippen molar-refractivity contribution in [3.05, 3.63) is 22.8 Å². The lowest BCUT2D eigenvalue weighted by Crippen LogP contribution is -2.07. The average molecular weight is 193 g/mol. The van der Waals surface area contributed by atoms with Crippen LogP contribution in [0.5, 0.6) is 0 Å². The zero-order chi connectivity index (χ0) is 9.68. The molecule has 0 saturated heterocycles.